The van der Waals surface area contributed by atoms with Gasteiger partial charge < -0.3 is 9.47 Å². The molecule has 1 aromatic rings. The van der Waals surface area contributed by atoms with Gasteiger partial charge in [-0.3, -0.25) is 0 Å². The minimum Gasteiger partial charge on any atom is -0.497 e. The number of benzene rings is 1. The van der Waals surface area contributed by atoms with E-state index in [4.69, 9.17) is 9.47 Å². The molecule has 0 aliphatic carbocycles. The van der Waals surface area contributed by atoms with Crippen LogP contribution in [0.15, 0.2) is 34.5 Å². The van der Waals surface area contributed by atoms with Crippen molar-refractivity contribution in [2.45, 2.75) is 32.6 Å². The van der Waals surface area contributed by atoms with Gasteiger partial charge in [0.25, 0.3) is 0 Å². The van der Waals surface area contributed by atoms with E-state index in [0.717, 1.165) is 30.1 Å². The van der Waals surface area contributed by atoms with Gasteiger partial charge in [-0.1, -0.05) is 26.2 Å². The molecule has 0 heterocycles. The van der Waals surface area contributed by atoms with Gasteiger partial charge in [0.2, 0.25) is 0 Å². The number of hydrogen-bond donors (Lipinski definition) is 0. The van der Waals surface area contributed by atoms with Crippen LogP contribution in [0.2, 0.25) is 0 Å². The van der Waals surface area contributed by atoms with E-state index < -0.39 is 0 Å². The highest BCUT2D eigenvalue weighted by Crippen LogP contribution is 2.12. The molecule has 0 amide bonds. The summed E-state index contributed by atoms with van der Waals surface area (Å²) in [7, 11) is 1.65. The lowest BCUT2D eigenvalue weighted by Gasteiger charge is -2.08. The smallest absolute Gasteiger partial charge is 0.118 e. The molecule has 0 aromatic heterocycles. The van der Waals surface area contributed by atoms with Crippen LogP contribution in [0.1, 0.15) is 38.2 Å². The fourth-order valence-corrected chi connectivity index (χ4v) is 1.84. The van der Waals surface area contributed by atoms with Crippen molar-refractivity contribution in [2.75, 3.05) is 20.3 Å². The van der Waals surface area contributed by atoms with E-state index in [-0.39, 0.29) is 0 Å². The summed E-state index contributed by atoms with van der Waals surface area (Å²) in [6, 6.07) is 7.69. The molecule has 0 atom stereocenters. The predicted molar refractivity (Wildman–Crippen MR) is 84.0 cm³/mol. The average Bonchev–Trinajstić information content (AvgIpc) is 2.50. The zero-order valence-corrected chi connectivity index (χ0v) is 12.5. The maximum atomic E-state index is 5.66. The van der Waals surface area contributed by atoms with Gasteiger partial charge in [0.15, 0.2) is 0 Å². The van der Waals surface area contributed by atoms with Crippen LogP contribution >= 0.6 is 0 Å². The maximum absolute atomic E-state index is 5.66. The molecule has 20 heavy (non-hydrogen) atoms. The van der Waals surface area contributed by atoms with Crippen LogP contribution in [0.4, 0.5) is 0 Å². The van der Waals surface area contributed by atoms with Gasteiger partial charge in [0.1, 0.15) is 5.75 Å². The summed E-state index contributed by atoms with van der Waals surface area (Å²) >= 11 is 0. The standard InChI is InChI=1S/C16H24N2O2/c1-4-5-6-7-12-20-13-16(18-17-2)14-8-10-15(19-3)11-9-14/h8-11H,2,4-7,12-13H2,1,3H3/b18-16+. The number of unbranched alkanes of at least 4 members (excludes halogenated alkanes) is 3. The van der Waals surface area contributed by atoms with Gasteiger partial charge in [0.05, 0.1) is 19.4 Å². The minimum atomic E-state index is 0.456. The molecule has 0 saturated heterocycles. The summed E-state index contributed by atoms with van der Waals surface area (Å²) in [4.78, 5) is 0. The Labute approximate surface area is 121 Å². The van der Waals surface area contributed by atoms with E-state index >= 15 is 0 Å². The Kier molecular flexibility index (Phi) is 8.31. The number of nitrogens with zero attached hydrogens (tertiary/aromatic N) is 2. The van der Waals surface area contributed by atoms with Crippen molar-refractivity contribution >= 4 is 12.4 Å². The van der Waals surface area contributed by atoms with Gasteiger partial charge >= 0.3 is 0 Å². The summed E-state index contributed by atoms with van der Waals surface area (Å²) in [5.74, 6) is 0.820. The molecule has 1 aromatic carbocycles. The Balaban J connectivity index is 2.47. The topological polar surface area (TPSA) is 43.2 Å². The molecule has 0 aliphatic rings. The molecule has 4 nitrogen and oxygen atoms in total. The van der Waals surface area contributed by atoms with E-state index in [1.807, 2.05) is 24.3 Å². The lowest BCUT2D eigenvalue weighted by Crippen LogP contribution is -2.11. The van der Waals surface area contributed by atoms with Crippen molar-refractivity contribution in [3.05, 3.63) is 29.8 Å². The van der Waals surface area contributed by atoms with Crippen LogP contribution in [-0.4, -0.2) is 32.8 Å². The fourth-order valence-electron chi connectivity index (χ4n) is 1.84. The van der Waals surface area contributed by atoms with E-state index in [0.29, 0.717) is 6.61 Å². The Morgan fingerprint density at radius 1 is 1.15 bits per heavy atom. The Bertz CT molecular complexity index is 413. The third-order valence-electron chi connectivity index (χ3n) is 3.00. The van der Waals surface area contributed by atoms with Crippen molar-refractivity contribution in [3.8, 4) is 5.75 Å². The fraction of sp³-hybridized carbons (Fsp3) is 0.500. The number of ether oxygens (including phenoxy) is 2. The zero-order valence-electron chi connectivity index (χ0n) is 12.5. The van der Waals surface area contributed by atoms with E-state index in [1.165, 1.54) is 19.3 Å². The Hall–Kier alpha value is -1.68. The van der Waals surface area contributed by atoms with Crippen LogP contribution in [0.3, 0.4) is 0 Å². The second kappa shape index (κ2) is 10.1. The molecule has 0 saturated carbocycles. The molecular weight excluding hydrogens is 252 g/mol. The number of methoxy groups -OCH3 is 1. The highest BCUT2D eigenvalue weighted by atomic mass is 16.5. The summed E-state index contributed by atoms with van der Waals surface area (Å²) in [6.45, 7) is 6.82. The number of hydrogen-bond acceptors (Lipinski definition) is 4. The molecule has 4 heteroatoms. The molecule has 0 fully saturated rings. The molecule has 0 unspecified atom stereocenters. The van der Waals surface area contributed by atoms with Gasteiger partial charge in [-0.15, -0.1) is 0 Å². The molecule has 110 valence electrons. The third-order valence-corrected chi connectivity index (χ3v) is 3.00. The van der Waals surface area contributed by atoms with Crippen molar-refractivity contribution in [1.82, 2.24) is 0 Å². The van der Waals surface area contributed by atoms with Crippen LogP contribution in [0.5, 0.6) is 5.75 Å². The van der Waals surface area contributed by atoms with Gasteiger partial charge in [-0.2, -0.15) is 10.2 Å². The summed E-state index contributed by atoms with van der Waals surface area (Å²) in [5.41, 5.74) is 1.77. The second-order valence-electron chi connectivity index (χ2n) is 4.53. The molecule has 0 radical (unpaired) electrons. The average molecular weight is 276 g/mol. The number of rotatable bonds is 10. The molecular formula is C16H24N2O2. The summed E-state index contributed by atoms with van der Waals surface area (Å²) in [6.07, 6.45) is 4.80. The van der Waals surface area contributed by atoms with Gasteiger partial charge in [-0.05, 0) is 30.7 Å². The van der Waals surface area contributed by atoms with Crippen molar-refractivity contribution in [2.24, 2.45) is 10.2 Å². The van der Waals surface area contributed by atoms with Crippen LogP contribution in [0, 0.1) is 0 Å². The highest BCUT2D eigenvalue weighted by molar-refractivity contribution is 6.01. The van der Waals surface area contributed by atoms with E-state index in [1.54, 1.807) is 7.11 Å². The summed E-state index contributed by atoms with van der Waals surface area (Å²) in [5, 5.41) is 7.66. The molecule has 0 bridgehead atoms. The first kappa shape index (κ1) is 16.4. The molecule has 0 spiro atoms. The predicted octanol–water partition coefficient (Wildman–Crippen LogP) is 3.70. The minimum absolute atomic E-state index is 0.456. The maximum Gasteiger partial charge on any atom is 0.118 e. The molecule has 0 aliphatic heterocycles. The van der Waals surface area contributed by atoms with E-state index in [9.17, 15) is 0 Å². The van der Waals surface area contributed by atoms with Crippen LogP contribution < -0.4 is 4.74 Å². The zero-order chi connectivity index (χ0) is 14.6. The first-order valence-corrected chi connectivity index (χ1v) is 7.06. The molecule has 1 rings (SSSR count). The van der Waals surface area contributed by atoms with Crippen LogP contribution in [0.25, 0.3) is 0 Å². The van der Waals surface area contributed by atoms with Gasteiger partial charge in [0, 0.05) is 18.9 Å². The Morgan fingerprint density at radius 3 is 2.50 bits per heavy atom. The SMILES string of the molecule is C=N/N=C(\COCCCCCC)c1ccc(OC)cc1. The van der Waals surface area contributed by atoms with Gasteiger partial charge in [-0.25, -0.2) is 0 Å². The lowest BCUT2D eigenvalue weighted by atomic mass is 10.1. The first-order chi connectivity index (χ1) is 9.81. The summed E-state index contributed by atoms with van der Waals surface area (Å²) < 4.78 is 10.8. The normalized spacial score (nSPS) is 11.4. The Morgan fingerprint density at radius 2 is 1.90 bits per heavy atom. The van der Waals surface area contributed by atoms with Crippen LogP contribution in [-0.2, 0) is 4.74 Å². The lowest BCUT2D eigenvalue weighted by molar-refractivity contribution is 0.166. The van der Waals surface area contributed by atoms with Crippen molar-refractivity contribution in [1.29, 1.82) is 0 Å². The van der Waals surface area contributed by atoms with Crippen molar-refractivity contribution < 1.29 is 9.47 Å². The first-order valence-electron chi connectivity index (χ1n) is 7.06. The second-order valence-corrected chi connectivity index (χ2v) is 4.53. The quantitative estimate of drug-likeness (QED) is 0.371. The molecule has 0 N–H and O–H groups in total. The van der Waals surface area contributed by atoms with E-state index in [2.05, 4.69) is 23.8 Å². The van der Waals surface area contributed by atoms with Crippen molar-refractivity contribution in [3.63, 3.8) is 0 Å². The monoisotopic (exact) mass is 276 g/mol. The highest BCUT2D eigenvalue weighted by Gasteiger charge is 2.04. The largest absolute Gasteiger partial charge is 0.497 e. The third kappa shape index (κ3) is 5.97.